The van der Waals surface area contributed by atoms with Gasteiger partial charge in [-0.2, -0.15) is 0 Å². The minimum absolute atomic E-state index is 0. The molecule has 1 fully saturated rings. The van der Waals surface area contributed by atoms with Gasteiger partial charge in [-0.25, -0.2) is 9.98 Å². The van der Waals surface area contributed by atoms with E-state index in [2.05, 4.69) is 41.3 Å². The van der Waals surface area contributed by atoms with Crippen LogP contribution in [0.15, 0.2) is 46.0 Å². The van der Waals surface area contributed by atoms with Gasteiger partial charge in [-0.15, -0.1) is 24.0 Å². The monoisotopic (exact) mass is 541 g/mol. The molecule has 3 rings (SSSR count). The van der Waals surface area contributed by atoms with Crippen molar-refractivity contribution < 1.29 is 9.15 Å². The Labute approximate surface area is 203 Å². The largest absolute Gasteiger partial charge is 0.444 e. The van der Waals surface area contributed by atoms with Crippen LogP contribution >= 0.6 is 24.0 Å². The second kappa shape index (κ2) is 13.7. The van der Waals surface area contributed by atoms with E-state index >= 15 is 0 Å². The first-order chi connectivity index (χ1) is 14.6. The van der Waals surface area contributed by atoms with Gasteiger partial charge in [-0.05, 0) is 45.7 Å². The number of piperidine rings is 1. The van der Waals surface area contributed by atoms with Crippen molar-refractivity contribution >= 4 is 29.9 Å². The maximum atomic E-state index is 5.67. The Balaban J connectivity index is 0.00000341. The van der Waals surface area contributed by atoms with Gasteiger partial charge < -0.3 is 24.7 Å². The number of benzene rings is 1. The number of oxazole rings is 1. The summed E-state index contributed by atoms with van der Waals surface area (Å²) in [4.78, 5) is 11.8. The minimum Gasteiger partial charge on any atom is -0.444 e. The van der Waals surface area contributed by atoms with E-state index in [-0.39, 0.29) is 24.0 Å². The highest BCUT2D eigenvalue weighted by molar-refractivity contribution is 14.0. The molecule has 7 nitrogen and oxygen atoms in total. The summed E-state index contributed by atoms with van der Waals surface area (Å²) in [6.45, 7) is 11.5. The molecular weight excluding hydrogens is 505 g/mol. The van der Waals surface area contributed by atoms with Crippen molar-refractivity contribution in [3.05, 3.63) is 42.3 Å². The molecule has 31 heavy (non-hydrogen) atoms. The molecular formula is C23H36IN5O2. The van der Waals surface area contributed by atoms with E-state index < -0.39 is 0 Å². The molecule has 1 saturated heterocycles. The lowest BCUT2D eigenvalue weighted by Gasteiger charge is -2.33. The Hall–Kier alpha value is -1.65. The Morgan fingerprint density at radius 1 is 1.26 bits per heavy atom. The third kappa shape index (κ3) is 8.78. The molecule has 1 aromatic heterocycles. The maximum absolute atomic E-state index is 5.67. The zero-order chi connectivity index (χ0) is 21.2. The molecule has 1 aliphatic heterocycles. The number of aromatic nitrogens is 1. The van der Waals surface area contributed by atoms with Gasteiger partial charge in [0.2, 0.25) is 5.89 Å². The van der Waals surface area contributed by atoms with Crippen LogP contribution in [0.4, 0.5) is 0 Å². The quantitative estimate of drug-likeness (QED) is 0.285. The molecule has 1 aliphatic rings. The van der Waals surface area contributed by atoms with Crippen LogP contribution in [-0.4, -0.2) is 60.8 Å². The Bertz CT molecular complexity index is 773. The predicted octanol–water partition coefficient (Wildman–Crippen LogP) is 3.90. The number of halogens is 1. The first-order valence-corrected chi connectivity index (χ1v) is 11.0. The van der Waals surface area contributed by atoms with Gasteiger partial charge in [0.1, 0.15) is 12.0 Å². The predicted molar refractivity (Wildman–Crippen MR) is 136 cm³/mol. The molecule has 2 N–H and O–H groups in total. The average Bonchev–Trinajstić information content (AvgIpc) is 3.23. The number of rotatable bonds is 9. The van der Waals surface area contributed by atoms with E-state index in [9.17, 15) is 0 Å². The van der Waals surface area contributed by atoms with E-state index in [0.29, 0.717) is 24.6 Å². The van der Waals surface area contributed by atoms with Crippen LogP contribution in [0.3, 0.4) is 0 Å². The fraction of sp³-hybridized carbons (Fsp3) is 0.565. The molecule has 0 spiro atoms. The van der Waals surface area contributed by atoms with Crippen LogP contribution in [0.1, 0.15) is 39.3 Å². The van der Waals surface area contributed by atoms with E-state index in [1.165, 1.54) is 0 Å². The first kappa shape index (κ1) is 25.6. The molecule has 0 atom stereocenters. The van der Waals surface area contributed by atoms with Crippen LogP contribution in [0.25, 0.3) is 11.5 Å². The molecule has 172 valence electrons. The number of aliphatic imine (C=N–C) groups is 1. The number of ether oxygens (including phenoxy) is 1. The highest BCUT2D eigenvalue weighted by atomic mass is 127. The van der Waals surface area contributed by atoms with Gasteiger partial charge in [-0.1, -0.05) is 18.2 Å². The average molecular weight is 541 g/mol. The number of nitrogens with one attached hydrogen (secondary N) is 2. The van der Waals surface area contributed by atoms with Crippen molar-refractivity contribution in [2.45, 2.75) is 52.3 Å². The van der Waals surface area contributed by atoms with E-state index in [1.54, 1.807) is 6.26 Å². The summed E-state index contributed by atoms with van der Waals surface area (Å²) in [5, 5.41) is 6.93. The number of hydrogen-bond acceptors (Lipinski definition) is 5. The Kier molecular flexibility index (Phi) is 11.3. The van der Waals surface area contributed by atoms with Gasteiger partial charge in [0.05, 0.1) is 19.3 Å². The Morgan fingerprint density at radius 2 is 2.00 bits per heavy atom. The van der Waals surface area contributed by atoms with Crippen molar-refractivity contribution in [1.29, 1.82) is 0 Å². The van der Waals surface area contributed by atoms with Gasteiger partial charge in [0.15, 0.2) is 5.96 Å². The van der Waals surface area contributed by atoms with Crippen molar-refractivity contribution in [3.8, 4) is 11.5 Å². The van der Waals surface area contributed by atoms with Gasteiger partial charge in [0.25, 0.3) is 0 Å². The fourth-order valence-electron chi connectivity index (χ4n) is 3.48. The lowest BCUT2D eigenvalue weighted by atomic mass is 10.1. The summed E-state index contributed by atoms with van der Waals surface area (Å²) >= 11 is 0. The van der Waals surface area contributed by atoms with E-state index in [0.717, 1.165) is 62.8 Å². The standard InChI is InChI=1S/C23H35N5O2.HI/c1-4-24-23(27-20-10-12-28(13-11-20)14-15-29-18(2)3)25-16-21-17-30-22(26-21)19-8-6-5-7-9-19;/h5-9,17-18,20H,4,10-16H2,1-3H3,(H2,24,25,27);1H. The van der Waals surface area contributed by atoms with Crippen molar-refractivity contribution in [3.63, 3.8) is 0 Å². The van der Waals surface area contributed by atoms with Crippen LogP contribution in [0, 0.1) is 0 Å². The summed E-state index contributed by atoms with van der Waals surface area (Å²) in [6.07, 6.45) is 4.20. The molecule has 0 saturated carbocycles. The van der Waals surface area contributed by atoms with Gasteiger partial charge in [-0.3, -0.25) is 0 Å². The summed E-state index contributed by atoms with van der Waals surface area (Å²) < 4.78 is 11.3. The molecule has 0 unspecified atom stereocenters. The fourth-order valence-corrected chi connectivity index (χ4v) is 3.48. The van der Waals surface area contributed by atoms with E-state index in [1.807, 2.05) is 30.3 Å². The zero-order valence-corrected chi connectivity index (χ0v) is 21.2. The molecule has 8 heteroatoms. The number of nitrogens with zero attached hydrogens (tertiary/aromatic N) is 3. The number of hydrogen-bond donors (Lipinski definition) is 2. The second-order valence-electron chi connectivity index (χ2n) is 7.88. The minimum atomic E-state index is 0. The van der Waals surface area contributed by atoms with Crippen molar-refractivity contribution in [2.24, 2.45) is 4.99 Å². The lowest BCUT2D eigenvalue weighted by Crippen LogP contribution is -2.49. The summed E-state index contributed by atoms with van der Waals surface area (Å²) in [5.74, 6) is 1.47. The van der Waals surface area contributed by atoms with Crippen molar-refractivity contribution in [1.82, 2.24) is 20.5 Å². The van der Waals surface area contributed by atoms with Crippen molar-refractivity contribution in [2.75, 3.05) is 32.8 Å². The number of likely N-dealkylation sites (tertiary alicyclic amines) is 1. The summed E-state index contributed by atoms with van der Waals surface area (Å²) in [6, 6.07) is 10.4. The maximum Gasteiger partial charge on any atom is 0.226 e. The smallest absolute Gasteiger partial charge is 0.226 e. The molecule has 1 aromatic carbocycles. The van der Waals surface area contributed by atoms with Gasteiger partial charge in [0, 0.05) is 37.8 Å². The molecule has 0 aliphatic carbocycles. The third-order valence-corrected chi connectivity index (χ3v) is 5.10. The lowest BCUT2D eigenvalue weighted by molar-refractivity contribution is 0.0532. The molecule has 0 bridgehead atoms. The highest BCUT2D eigenvalue weighted by Crippen LogP contribution is 2.18. The van der Waals surface area contributed by atoms with Crippen LogP contribution in [0.5, 0.6) is 0 Å². The highest BCUT2D eigenvalue weighted by Gasteiger charge is 2.20. The summed E-state index contributed by atoms with van der Waals surface area (Å²) in [5.41, 5.74) is 1.80. The molecule has 2 aromatic rings. The van der Waals surface area contributed by atoms with E-state index in [4.69, 9.17) is 14.1 Å². The first-order valence-electron chi connectivity index (χ1n) is 11.0. The zero-order valence-electron chi connectivity index (χ0n) is 18.8. The molecule has 0 amide bonds. The topological polar surface area (TPSA) is 74.9 Å². The molecule has 2 heterocycles. The van der Waals surface area contributed by atoms with Gasteiger partial charge >= 0.3 is 0 Å². The van der Waals surface area contributed by atoms with Crippen LogP contribution in [-0.2, 0) is 11.3 Å². The second-order valence-corrected chi connectivity index (χ2v) is 7.88. The number of guanidine groups is 1. The summed E-state index contributed by atoms with van der Waals surface area (Å²) in [7, 11) is 0. The van der Waals surface area contributed by atoms with Crippen LogP contribution < -0.4 is 10.6 Å². The third-order valence-electron chi connectivity index (χ3n) is 5.10. The Morgan fingerprint density at radius 3 is 2.68 bits per heavy atom. The van der Waals surface area contributed by atoms with Crippen LogP contribution in [0.2, 0.25) is 0 Å². The SMILES string of the molecule is CCNC(=NCc1coc(-c2ccccc2)n1)NC1CCN(CCOC(C)C)CC1.I. The normalized spacial score (nSPS) is 15.7. The molecule has 0 radical (unpaired) electrons.